The molecule has 11 nitrogen and oxygen atoms in total. The topological polar surface area (TPSA) is 143 Å². The van der Waals surface area contributed by atoms with E-state index in [9.17, 15) is 28.8 Å². The van der Waals surface area contributed by atoms with Gasteiger partial charge in [-0.15, -0.1) is 0 Å². The van der Waals surface area contributed by atoms with Crippen LogP contribution in [-0.4, -0.2) is 94.3 Å². The predicted octanol–water partition coefficient (Wildman–Crippen LogP) is -0.0348. The van der Waals surface area contributed by atoms with Crippen molar-refractivity contribution in [3.63, 3.8) is 0 Å². The van der Waals surface area contributed by atoms with Crippen molar-refractivity contribution in [3.05, 3.63) is 41.6 Å². The molecular weight excluding hydrogens is 452 g/mol. The Labute approximate surface area is 194 Å². The Morgan fingerprint density at radius 1 is 1.27 bits per heavy atom. The monoisotopic (exact) mass is 478 g/mol. The average molecular weight is 479 g/mol. The summed E-state index contributed by atoms with van der Waals surface area (Å²) in [5.41, 5.74) is 0.156. The third-order valence-electron chi connectivity index (χ3n) is 5.24. The Morgan fingerprint density at radius 3 is 2.52 bits per heavy atom. The summed E-state index contributed by atoms with van der Waals surface area (Å²) in [6, 6.07) is 7.36. The summed E-state index contributed by atoms with van der Waals surface area (Å²) in [7, 11) is 3.68. The largest absolute Gasteiger partial charge is 0.614 e. The lowest BCUT2D eigenvalue weighted by molar-refractivity contribution is -0.149. The lowest BCUT2D eigenvalue weighted by Crippen LogP contribution is -2.75. The summed E-state index contributed by atoms with van der Waals surface area (Å²) < 4.78 is 18.1. The fraction of sp³-hybridized carbons (Fsp3) is 0.429. The molecule has 1 saturated heterocycles. The molecule has 0 radical (unpaired) electrons. The quantitative estimate of drug-likeness (QED) is 0.392. The minimum absolute atomic E-state index is 0.0701. The predicted molar refractivity (Wildman–Crippen MR) is 120 cm³/mol. The molecule has 0 aliphatic carbocycles. The molecule has 3 rings (SSSR count). The van der Waals surface area contributed by atoms with E-state index >= 15 is 0 Å². The highest BCUT2D eigenvalue weighted by molar-refractivity contribution is 7.92. The molecule has 33 heavy (non-hydrogen) atoms. The van der Waals surface area contributed by atoms with Gasteiger partial charge in [0.25, 0.3) is 5.91 Å². The van der Waals surface area contributed by atoms with E-state index in [1.165, 1.54) is 11.8 Å². The first kappa shape index (κ1) is 24.6. The summed E-state index contributed by atoms with van der Waals surface area (Å²) >= 11 is -1.71. The molecular formula is C21H26N4O7S. The summed E-state index contributed by atoms with van der Waals surface area (Å²) in [5.74, 6) is -2.68. The molecule has 1 aromatic carbocycles. The SMILES string of the molecule is CC(=O)N(c1ccccc1)C1C(=O)N2C(C(=O)O)=C(COC(=O)NCCN(C)C)C[S+]([O-])[C@@H]12. The normalized spacial score (nSPS) is 21.9. The Kier molecular flexibility index (Phi) is 7.61. The van der Waals surface area contributed by atoms with E-state index in [1.54, 1.807) is 30.3 Å². The van der Waals surface area contributed by atoms with E-state index in [-0.39, 0.29) is 17.0 Å². The summed E-state index contributed by atoms with van der Waals surface area (Å²) in [4.78, 5) is 53.3. The summed E-state index contributed by atoms with van der Waals surface area (Å²) in [5, 5.41) is 11.3. The maximum atomic E-state index is 13.0. The Hall–Kier alpha value is -3.09. The Morgan fingerprint density at radius 2 is 1.94 bits per heavy atom. The van der Waals surface area contributed by atoms with Crippen molar-refractivity contribution in [1.82, 2.24) is 15.1 Å². The molecule has 2 aliphatic heterocycles. The molecule has 0 spiro atoms. The number of carbonyl (C=O) groups excluding carboxylic acids is 3. The van der Waals surface area contributed by atoms with Gasteiger partial charge in [-0.25, -0.2) is 9.59 Å². The number of ether oxygens (including phenoxy) is 1. The lowest BCUT2D eigenvalue weighted by atomic mass is 10.0. The van der Waals surface area contributed by atoms with Crippen molar-refractivity contribution < 1.29 is 33.6 Å². The molecule has 0 saturated carbocycles. The lowest BCUT2D eigenvalue weighted by Gasteiger charge is -2.51. The molecule has 2 N–H and O–H groups in total. The number of fused-ring (bicyclic) bond motifs is 1. The van der Waals surface area contributed by atoms with Gasteiger partial charge < -0.3 is 24.6 Å². The number of likely N-dealkylation sites (N-methyl/N-ethyl adjacent to an activating group) is 1. The standard InChI is InChI=1S/C21H26N4O7S/c1-13(26)24(15-7-5-4-6-8-15)17-18(27)25-16(20(28)29)14(12-33(31)19(17)25)11-32-21(30)22-9-10-23(2)3/h4-8,17,19H,9-12H2,1-3H3,(H,22,30)(H,28,29)/t17?,19-,33?/m0/s1. The molecule has 12 heteroatoms. The number of carboxylic acids is 1. The molecule has 1 aromatic rings. The van der Waals surface area contributed by atoms with Crippen molar-refractivity contribution in [2.45, 2.75) is 18.3 Å². The third-order valence-corrected chi connectivity index (χ3v) is 6.88. The van der Waals surface area contributed by atoms with Crippen LogP contribution < -0.4 is 10.2 Å². The van der Waals surface area contributed by atoms with Crippen LogP contribution >= 0.6 is 0 Å². The number of rotatable bonds is 8. The zero-order chi connectivity index (χ0) is 24.3. The number of carbonyl (C=O) groups is 4. The molecule has 2 heterocycles. The summed E-state index contributed by atoms with van der Waals surface area (Å²) in [6.07, 6.45) is -0.748. The number of β-lactam (4-membered cyclic amide) rings is 1. The van der Waals surface area contributed by atoms with Crippen LogP contribution in [-0.2, 0) is 30.3 Å². The van der Waals surface area contributed by atoms with Gasteiger partial charge >= 0.3 is 12.1 Å². The number of anilines is 1. The van der Waals surface area contributed by atoms with Crippen LogP contribution in [0.2, 0.25) is 0 Å². The highest BCUT2D eigenvalue weighted by Gasteiger charge is 2.63. The first-order valence-electron chi connectivity index (χ1n) is 10.2. The van der Waals surface area contributed by atoms with Gasteiger partial charge in [-0.05, 0) is 37.4 Å². The molecule has 178 valence electrons. The number of alkyl carbamates (subject to hydrolysis) is 1. The second-order valence-corrected chi connectivity index (χ2v) is 9.39. The fourth-order valence-corrected chi connectivity index (χ4v) is 5.46. The first-order valence-corrected chi connectivity index (χ1v) is 11.6. The molecule has 3 atom stereocenters. The maximum absolute atomic E-state index is 13.0. The number of hydrogen-bond donors (Lipinski definition) is 2. The van der Waals surface area contributed by atoms with Gasteiger partial charge in [-0.1, -0.05) is 18.2 Å². The van der Waals surface area contributed by atoms with E-state index in [2.05, 4.69) is 5.32 Å². The molecule has 0 aromatic heterocycles. The number of hydrogen-bond acceptors (Lipinski definition) is 7. The minimum Gasteiger partial charge on any atom is -0.614 e. The van der Waals surface area contributed by atoms with Gasteiger partial charge in [0.2, 0.25) is 11.3 Å². The highest BCUT2D eigenvalue weighted by atomic mass is 32.2. The second kappa shape index (κ2) is 10.2. The van der Waals surface area contributed by atoms with Crippen LogP contribution in [0.1, 0.15) is 6.92 Å². The van der Waals surface area contributed by atoms with Gasteiger partial charge in [-0.2, -0.15) is 0 Å². The van der Waals surface area contributed by atoms with Crippen LogP contribution in [0.4, 0.5) is 10.5 Å². The van der Waals surface area contributed by atoms with Crippen LogP contribution in [0, 0.1) is 0 Å². The van der Waals surface area contributed by atoms with Crippen LogP contribution in [0.25, 0.3) is 0 Å². The van der Waals surface area contributed by atoms with Gasteiger partial charge in [-0.3, -0.25) is 19.4 Å². The van der Waals surface area contributed by atoms with Crippen LogP contribution in [0.5, 0.6) is 0 Å². The van der Waals surface area contributed by atoms with Crippen molar-refractivity contribution in [1.29, 1.82) is 0 Å². The molecule has 1 fully saturated rings. The van der Waals surface area contributed by atoms with Gasteiger partial charge in [0.1, 0.15) is 18.1 Å². The van der Waals surface area contributed by atoms with Crippen LogP contribution in [0.3, 0.4) is 0 Å². The van der Waals surface area contributed by atoms with E-state index < -0.39 is 53.1 Å². The maximum Gasteiger partial charge on any atom is 0.407 e. The van der Waals surface area contributed by atoms with E-state index in [0.29, 0.717) is 18.8 Å². The average Bonchev–Trinajstić information content (AvgIpc) is 2.75. The number of nitrogens with one attached hydrogen (secondary N) is 1. The highest BCUT2D eigenvalue weighted by Crippen LogP contribution is 2.40. The number of aliphatic carboxylic acids is 1. The van der Waals surface area contributed by atoms with Crippen LogP contribution in [0.15, 0.2) is 41.6 Å². The van der Waals surface area contributed by atoms with Gasteiger partial charge in [0, 0.05) is 31.3 Å². The molecule has 2 unspecified atom stereocenters. The van der Waals surface area contributed by atoms with Crippen molar-refractivity contribution in [3.8, 4) is 0 Å². The first-order chi connectivity index (χ1) is 15.6. The second-order valence-electron chi connectivity index (χ2n) is 7.86. The summed E-state index contributed by atoms with van der Waals surface area (Å²) in [6.45, 7) is 1.78. The van der Waals surface area contributed by atoms with Crippen molar-refractivity contribution in [2.24, 2.45) is 0 Å². The van der Waals surface area contributed by atoms with Crippen molar-refractivity contribution >= 4 is 40.7 Å². The molecule has 0 bridgehead atoms. The number of amides is 3. The number of benzene rings is 1. The Balaban J connectivity index is 1.80. The smallest absolute Gasteiger partial charge is 0.407 e. The number of carboxylic acid groups (broad SMARTS) is 1. The van der Waals surface area contributed by atoms with E-state index in [1.807, 2.05) is 19.0 Å². The zero-order valence-corrected chi connectivity index (χ0v) is 19.3. The molecule has 3 amide bonds. The zero-order valence-electron chi connectivity index (χ0n) is 18.5. The molecule has 2 aliphatic rings. The Bertz CT molecular complexity index is 969. The van der Waals surface area contributed by atoms with E-state index in [0.717, 1.165) is 4.90 Å². The fourth-order valence-electron chi connectivity index (χ4n) is 3.76. The van der Waals surface area contributed by atoms with Crippen molar-refractivity contribution in [2.75, 3.05) is 44.4 Å². The number of para-hydroxylation sites is 1. The van der Waals surface area contributed by atoms with Gasteiger partial charge in [0.15, 0.2) is 6.04 Å². The third kappa shape index (κ3) is 5.13. The van der Waals surface area contributed by atoms with Gasteiger partial charge in [0.05, 0.1) is 0 Å². The number of nitrogens with zero attached hydrogens (tertiary/aromatic N) is 3. The minimum atomic E-state index is -1.71. The van der Waals surface area contributed by atoms with E-state index in [4.69, 9.17) is 4.74 Å².